The minimum absolute atomic E-state index is 0.125. The van der Waals surface area contributed by atoms with Crippen molar-refractivity contribution in [2.24, 2.45) is 5.92 Å². The van der Waals surface area contributed by atoms with E-state index in [-0.39, 0.29) is 17.5 Å². The largest absolute Gasteiger partial charge is 0.312 e. The van der Waals surface area contributed by atoms with Crippen molar-refractivity contribution in [3.8, 4) is 0 Å². The lowest BCUT2D eigenvalue weighted by molar-refractivity contribution is 0.571. The van der Waals surface area contributed by atoms with Crippen LogP contribution in [-0.2, 0) is 16.3 Å². The van der Waals surface area contributed by atoms with Gasteiger partial charge in [0.15, 0.2) is 9.84 Å². The van der Waals surface area contributed by atoms with Gasteiger partial charge in [0.2, 0.25) is 0 Å². The lowest BCUT2D eigenvalue weighted by Crippen LogP contribution is -2.26. The molecule has 4 heteroatoms. The highest BCUT2D eigenvalue weighted by molar-refractivity contribution is 7.91. The van der Waals surface area contributed by atoms with Crippen LogP contribution in [0, 0.1) is 5.92 Å². The molecule has 1 rings (SSSR count). The first-order valence-corrected chi connectivity index (χ1v) is 9.66. The fourth-order valence-corrected chi connectivity index (χ4v) is 4.17. The number of benzene rings is 1. The van der Waals surface area contributed by atoms with Crippen LogP contribution in [-0.4, -0.2) is 27.0 Å². The van der Waals surface area contributed by atoms with Gasteiger partial charge in [0.25, 0.3) is 0 Å². The van der Waals surface area contributed by atoms with E-state index in [4.69, 9.17) is 0 Å². The van der Waals surface area contributed by atoms with Crippen LogP contribution in [0.4, 0.5) is 0 Å². The van der Waals surface area contributed by atoms with Gasteiger partial charge in [-0.05, 0) is 36.9 Å². The summed E-state index contributed by atoms with van der Waals surface area (Å²) in [6.07, 6.45) is 2.71. The SMILES string of the molecule is CCCCS(=O)(=O)CC(NC)c1ccc(CC(C)C)cc1. The van der Waals surface area contributed by atoms with Gasteiger partial charge in [-0.25, -0.2) is 8.42 Å². The van der Waals surface area contributed by atoms with Gasteiger partial charge in [0.1, 0.15) is 0 Å². The smallest absolute Gasteiger partial charge is 0.152 e. The topological polar surface area (TPSA) is 46.2 Å². The number of hydrogen-bond donors (Lipinski definition) is 1. The Bertz CT molecular complexity index is 506. The summed E-state index contributed by atoms with van der Waals surface area (Å²) in [5.41, 5.74) is 2.35. The number of hydrogen-bond acceptors (Lipinski definition) is 3. The van der Waals surface area contributed by atoms with Gasteiger partial charge in [0, 0.05) is 6.04 Å². The molecule has 0 saturated carbocycles. The average molecular weight is 311 g/mol. The summed E-state index contributed by atoms with van der Waals surface area (Å²) < 4.78 is 24.2. The predicted molar refractivity (Wildman–Crippen MR) is 90.3 cm³/mol. The van der Waals surface area contributed by atoms with Crippen molar-refractivity contribution in [3.05, 3.63) is 35.4 Å². The highest BCUT2D eigenvalue weighted by Gasteiger charge is 2.19. The summed E-state index contributed by atoms with van der Waals surface area (Å²) in [4.78, 5) is 0. The summed E-state index contributed by atoms with van der Waals surface area (Å²) in [6.45, 7) is 6.41. The van der Waals surface area contributed by atoms with Gasteiger partial charge < -0.3 is 5.32 Å². The van der Waals surface area contributed by atoms with Crippen LogP contribution in [0.5, 0.6) is 0 Å². The van der Waals surface area contributed by atoms with Crippen LogP contribution in [0.15, 0.2) is 24.3 Å². The van der Waals surface area contributed by atoms with E-state index in [1.807, 2.05) is 26.1 Å². The monoisotopic (exact) mass is 311 g/mol. The van der Waals surface area contributed by atoms with E-state index in [2.05, 4.69) is 31.3 Å². The minimum Gasteiger partial charge on any atom is -0.312 e. The normalized spacial score (nSPS) is 13.6. The maximum Gasteiger partial charge on any atom is 0.152 e. The van der Waals surface area contributed by atoms with E-state index >= 15 is 0 Å². The second-order valence-corrected chi connectivity index (χ2v) is 8.38. The van der Waals surface area contributed by atoms with Gasteiger partial charge in [0.05, 0.1) is 11.5 Å². The van der Waals surface area contributed by atoms with E-state index in [9.17, 15) is 8.42 Å². The van der Waals surface area contributed by atoms with Crippen LogP contribution in [0.3, 0.4) is 0 Å². The van der Waals surface area contributed by atoms with Crippen molar-refractivity contribution >= 4 is 9.84 Å². The summed E-state index contributed by atoms with van der Waals surface area (Å²) in [7, 11) is -1.17. The molecule has 1 atom stereocenters. The maximum absolute atomic E-state index is 12.1. The Kier molecular flexibility index (Phi) is 7.40. The third-order valence-corrected chi connectivity index (χ3v) is 5.36. The van der Waals surface area contributed by atoms with E-state index in [0.29, 0.717) is 5.92 Å². The molecule has 120 valence electrons. The number of rotatable bonds is 9. The molecule has 0 fully saturated rings. The number of unbranched alkanes of at least 4 members (excludes halogenated alkanes) is 1. The third kappa shape index (κ3) is 6.62. The molecule has 0 amide bonds. The predicted octanol–water partition coefficient (Wildman–Crippen LogP) is 3.36. The van der Waals surface area contributed by atoms with Gasteiger partial charge in [-0.15, -0.1) is 0 Å². The van der Waals surface area contributed by atoms with E-state index < -0.39 is 9.84 Å². The lowest BCUT2D eigenvalue weighted by Gasteiger charge is -2.17. The Morgan fingerprint density at radius 1 is 1.14 bits per heavy atom. The van der Waals surface area contributed by atoms with E-state index in [1.165, 1.54) is 5.56 Å². The summed E-state index contributed by atoms with van der Waals surface area (Å²) in [5.74, 6) is 1.09. The summed E-state index contributed by atoms with van der Waals surface area (Å²) in [6, 6.07) is 8.19. The second-order valence-electron chi connectivity index (χ2n) is 6.15. The highest BCUT2D eigenvalue weighted by atomic mass is 32.2. The van der Waals surface area contributed by atoms with Crippen molar-refractivity contribution in [1.82, 2.24) is 5.32 Å². The first-order valence-electron chi connectivity index (χ1n) is 7.84. The molecule has 0 aliphatic rings. The molecule has 0 aliphatic carbocycles. The quantitative estimate of drug-likeness (QED) is 0.760. The molecule has 0 bridgehead atoms. The molecule has 0 spiro atoms. The second kappa shape index (κ2) is 8.54. The first-order chi connectivity index (χ1) is 9.88. The van der Waals surface area contributed by atoms with Crippen LogP contribution < -0.4 is 5.32 Å². The first kappa shape index (κ1) is 18.2. The molecule has 0 heterocycles. The standard InChI is InChI=1S/C17H29NO2S/c1-5-6-11-21(19,20)13-17(18-4)16-9-7-15(8-10-16)12-14(2)3/h7-10,14,17-18H,5-6,11-13H2,1-4H3. The van der Waals surface area contributed by atoms with Crippen LogP contribution in [0.2, 0.25) is 0 Å². The molecule has 1 unspecified atom stereocenters. The molecule has 0 radical (unpaired) electrons. The Hall–Kier alpha value is -0.870. The third-order valence-electron chi connectivity index (χ3n) is 3.60. The van der Waals surface area contributed by atoms with E-state index in [1.54, 1.807) is 0 Å². The summed E-state index contributed by atoms with van der Waals surface area (Å²) in [5, 5.41) is 3.13. The van der Waals surface area contributed by atoms with Crippen molar-refractivity contribution in [2.45, 2.75) is 46.1 Å². The molecule has 3 nitrogen and oxygen atoms in total. The van der Waals surface area contributed by atoms with Crippen LogP contribution in [0.1, 0.15) is 50.8 Å². The molecule has 1 aromatic carbocycles. The summed E-state index contributed by atoms with van der Waals surface area (Å²) >= 11 is 0. The Labute approximate surface area is 130 Å². The minimum atomic E-state index is -2.99. The van der Waals surface area contributed by atoms with Crippen molar-refractivity contribution < 1.29 is 8.42 Å². The van der Waals surface area contributed by atoms with Gasteiger partial charge in [-0.1, -0.05) is 51.5 Å². The lowest BCUT2D eigenvalue weighted by atomic mass is 10.00. The zero-order valence-electron chi connectivity index (χ0n) is 13.7. The molecule has 21 heavy (non-hydrogen) atoms. The zero-order chi connectivity index (χ0) is 15.9. The van der Waals surface area contributed by atoms with Crippen LogP contribution >= 0.6 is 0 Å². The van der Waals surface area contributed by atoms with Crippen molar-refractivity contribution in [2.75, 3.05) is 18.6 Å². The fraction of sp³-hybridized carbons (Fsp3) is 0.647. The van der Waals surface area contributed by atoms with Gasteiger partial charge in [-0.2, -0.15) is 0 Å². The van der Waals surface area contributed by atoms with Crippen molar-refractivity contribution in [1.29, 1.82) is 0 Å². The molecule has 0 aromatic heterocycles. The molecular formula is C17H29NO2S. The van der Waals surface area contributed by atoms with Gasteiger partial charge in [-0.3, -0.25) is 0 Å². The maximum atomic E-state index is 12.1. The molecular weight excluding hydrogens is 282 g/mol. The van der Waals surface area contributed by atoms with Crippen molar-refractivity contribution in [3.63, 3.8) is 0 Å². The molecule has 1 N–H and O–H groups in total. The molecule has 0 saturated heterocycles. The number of sulfone groups is 1. The molecule has 1 aromatic rings. The molecule has 0 aliphatic heterocycles. The van der Waals surface area contributed by atoms with E-state index in [0.717, 1.165) is 24.8 Å². The number of nitrogens with one attached hydrogen (secondary N) is 1. The highest BCUT2D eigenvalue weighted by Crippen LogP contribution is 2.18. The Balaban J connectivity index is 2.76. The van der Waals surface area contributed by atoms with Gasteiger partial charge >= 0.3 is 0 Å². The average Bonchev–Trinajstić information content (AvgIpc) is 2.43. The fourth-order valence-electron chi connectivity index (χ4n) is 2.41. The Morgan fingerprint density at radius 2 is 1.76 bits per heavy atom. The van der Waals surface area contributed by atoms with Crippen LogP contribution in [0.25, 0.3) is 0 Å². The zero-order valence-corrected chi connectivity index (χ0v) is 14.5. The Morgan fingerprint density at radius 3 is 2.24 bits per heavy atom.